The number of fused-ring (bicyclic) bond motifs is 1. The topological polar surface area (TPSA) is 158 Å². The van der Waals surface area contributed by atoms with Crippen LogP contribution in [-0.4, -0.2) is 54.4 Å². The van der Waals surface area contributed by atoms with Gasteiger partial charge >= 0.3 is 7.60 Å². The van der Waals surface area contributed by atoms with Gasteiger partial charge in [-0.15, -0.1) is 0 Å². The highest BCUT2D eigenvalue weighted by molar-refractivity contribution is 7.51. The predicted octanol–water partition coefficient (Wildman–Crippen LogP) is 0.422. The van der Waals surface area contributed by atoms with Gasteiger partial charge in [-0.05, 0) is 12.8 Å². The van der Waals surface area contributed by atoms with Gasteiger partial charge in [0.25, 0.3) is 0 Å². The molecule has 1 aliphatic carbocycles. The van der Waals surface area contributed by atoms with Crippen LogP contribution in [0.2, 0.25) is 0 Å². The number of nitrogens with two attached hydrogens (primary N) is 1. The molecule has 3 heterocycles. The first-order valence-electron chi connectivity index (χ1n) is 7.93. The van der Waals surface area contributed by atoms with E-state index in [1.807, 2.05) is 0 Å². The molecule has 4 rings (SSSR count). The van der Waals surface area contributed by atoms with Crippen LogP contribution in [-0.2, 0) is 14.0 Å². The molecular formula is C13H19N6O5P. The molecule has 12 heteroatoms. The Bertz CT molecular complexity index is 834. The van der Waals surface area contributed by atoms with Gasteiger partial charge < -0.3 is 30.3 Å². The molecule has 0 bridgehead atoms. The average Bonchev–Trinajstić information content (AvgIpc) is 3.06. The Balaban J connectivity index is 1.53. The molecule has 0 amide bonds. The zero-order chi connectivity index (χ0) is 17.6. The maximum atomic E-state index is 10.9. The van der Waals surface area contributed by atoms with Crippen molar-refractivity contribution >= 4 is 30.5 Å². The summed E-state index contributed by atoms with van der Waals surface area (Å²) in [6, 6.07) is 0.399. The Morgan fingerprint density at radius 1 is 1.44 bits per heavy atom. The first-order chi connectivity index (χ1) is 11.9. The van der Waals surface area contributed by atoms with Gasteiger partial charge in [0.05, 0.1) is 19.0 Å². The van der Waals surface area contributed by atoms with Crippen molar-refractivity contribution in [3.05, 3.63) is 6.33 Å². The Labute approximate surface area is 142 Å². The number of nitrogens with one attached hydrogen (secondary N) is 1. The molecule has 136 valence electrons. The van der Waals surface area contributed by atoms with Crippen LogP contribution < -0.4 is 11.1 Å². The number of hydrogen-bond acceptors (Lipinski definition) is 8. The predicted molar refractivity (Wildman–Crippen MR) is 87.8 cm³/mol. The van der Waals surface area contributed by atoms with Crippen LogP contribution in [0, 0.1) is 0 Å². The number of rotatable bonds is 6. The van der Waals surface area contributed by atoms with Gasteiger partial charge in [0.2, 0.25) is 5.95 Å². The lowest BCUT2D eigenvalue weighted by molar-refractivity contribution is 0.0359. The number of imidazole rings is 1. The Hall–Kier alpha value is -1.78. The summed E-state index contributed by atoms with van der Waals surface area (Å²) >= 11 is 0. The number of anilines is 2. The molecule has 11 nitrogen and oxygen atoms in total. The average molecular weight is 370 g/mol. The van der Waals surface area contributed by atoms with Crippen molar-refractivity contribution in [1.82, 2.24) is 19.5 Å². The summed E-state index contributed by atoms with van der Waals surface area (Å²) in [5.74, 6) is 0.751. The van der Waals surface area contributed by atoms with Crippen molar-refractivity contribution in [3.8, 4) is 0 Å². The fraction of sp³-hybridized carbons (Fsp3) is 0.615. The van der Waals surface area contributed by atoms with E-state index in [2.05, 4.69) is 20.3 Å². The third-order valence-electron chi connectivity index (χ3n) is 4.08. The van der Waals surface area contributed by atoms with Crippen molar-refractivity contribution in [3.63, 3.8) is 0 Å². The standard InChI is InChI=1S/C13H19N6O5P/c14-13-17-11(16-7-1-2-7)10-12(18-13)19(5-15-10)9-3-8(4-23-9)24-6-25(20,21)22/h5,7-9H,1-4,6H2,(H2,20,21,22)(H3,14,16,17,18)/t8-,9-/m1/s1. The van der Waals surface area contributed by atoms with E-state index in [0.29, 0.717) is 29.4 Å². The number of ether oxygens (including phenoxy) is 2. The summed E-state index contributed by atoms with van der Waals surface area (Å²) in [5, 5.41) is 3.29. The molecule has 2 aliphatic rings. The zero-order valence-electron chi connectivity index (χ0n) is 13.3. The third-order valence-corrected chi connectivity index (χ3v) is 4.57. The molecule has 0 radical (unpaired) electrons. The molecule has 0 spiro atoms. The molecule has 1 aliphatic heterocycles. The Morgan fingerprint density at radius 3 is 2.96 bits per heavy atom. The Morgan fingerprint density at radius 2 is 2.24 bits per heavy atom. The van der Waals surface area contributed by atoms with E-state index in [0.717, 1.165) is 12.8 Å². The van der Waals surface area contributed by atoms with Crippen molar-refractivity contribution in [1.29, 1.82) is 0 Å². The van der Waals surface area contributed by atoms with Crippen LogP contribution in [0.4, 0.5) is 11.8 Å². The monoisotopic (exact) mass is 370 g/mol. The molecule has 0 unspecified atom stereocenters. The normalized spacial score (nSPS) is 24.1. The minimum atomic E-state index is -4.20. The highest BCUT2D eigenvalue weighted by atomic mass is 31.2. The van der Waals surface area contributed by atoms with Gasteiger partial charge in [-0.1, -0.05) is 0 Å². The van der Waals surface area contributed by atoms with Crippen molar-refractivity contribution in [2.45, 2.75) is 37.6 Å². The number of nitrogen functional groups attached to an aromatic ring is 1. The van der Waals surface area contributed by atoms with Gasteiger partial charge in [-0.2, -0.15) is 9.97 Å². The second-order valence-electron chi connectivity index (χ2n) is 6.28. The molecule has 1 saturated heterocycles. The lowest BCUT2D eigenvalue weighted by Gasteiger charge is -2.13. The molecule has 2 fully saturated rings. The second-order valence-corrected chi connectivity index (χ2v) is 7.87. The van der Waals surface area contributed by atoms with Gasteiger partial charge in [-0.25, -0.2) is 4.98 Å². The number of hydrogen-bond donors (Lipinski definition) is 4. The fourth-order valence-corrected chi connectivity index (χ4v) is 3.16. The van der Waals surface area contributed by atoms with E-state index in [1.54, 1.807) is 10.9 Å². The van der Waals surface area contributed by atoms with Crippen LogP contribution in [0.15, 0.2) is 6.33 Å². The zero-order valence-corrected chi connectivity index (χ0v) is 14.2. The molecule has 0 aromatic carbocycles. The highest BCUT2D eigenvalue weighted by Gasteiger charge is 2.31. The molecule has 2 aromatic rings. The number of aromatic nitrogens is 4. The van der Waals surface area contributed by atoms with Crippen LogP contribution in [0.1, 0.15) is 25.5 Å². The molecule has 2 atom stereocenters. The fourth-order valence-electron chi connectivity index (χ4n) is 2.76. The second kappa shape index (κ2) is 6.19. The molecule has 1 saturated carbocycles. The van der Waals surface area contributed by atoms with E-state index in [9.17, 15) is 4.57 Å². The summed E-state index contributed by atoms with van der Waals surface area (Å²) in [6.45, 7) is 0.234. The quantitative estimate of drug-likeness (QED) is 0.525. The SMILES string of the molecule is Nc1nc(NC2CC2)c2ncn([C@H]3C[C@@H](OCP(=O)(O)O)CO3)c2n1. The van der Waals surface area contributed by atoms with Crippen LogP contribution in [0.5, 0.6) is 0 Å². The third kappa shape index (κ3) is 3.75. The van der Waals surface area contributed by atoms with E-state index in [-0.39, 0.29) is 12.6 Å². The molecule has 25 heavy (non-hydrogen) atoms. The van der Waals surface area contributed by atoms with Crippen LogP contribution >= 0.6 is 7.60 Å². The maximum absolute atomic E-state index is 10.9. The minimum Gasteiger partial charge on any atom is -0.368 e. The summed E-state index contributed by atoms with van der Waals surface area (Å²) in [6.07, 6.45) is 2.80. The van der Waals surface area contributed by atoms with E-state index < -0.39 is 26.3 Å². The van der Waals surface area contributed by atoms with Crippen molar-refractivity contribution < 1.29 is 23.8 Å². The van der Waals surface area contributed by atoms with E-state index in [1.165, 1.54) is 0 Å². The maximum Gasteiger partial charge on any atom is 0.350 e. The van der Waals surface area contributed by atoms with Crippen molar-refractivity contribution in [2.24, 2.45) is 0 Å². The number of nitrogens with zero attached hydrogens (tertiary/aromatic N) is 4. The highest BCUT2D eigenvalue weighted by Crippen LogP contribution is 2.37. The lowest BCUT2D eigenvalue weighted by atomic mass is 10.3. The van der Waals surface area contributed by atoms with Crippen molar-refractivity contribution in [2.75, 3.05) is 24.0 Å². The Kier molecular flexibility index (Phi) is 4.13. The minimum absolute atomic E-state index is 0.143. The lowest BCUT2D eigenvalue weighted by Crippen LogP contribution is -2.14. The van der Waals surface area contributed by atoms with Crippen LogP contribution in [0.25, 0.3) is 11.2 Å². The van der Waals surface area contributed by atoms with Gasteiger partial charge in [-0.3, -0.25) is 9.13 Å². The summed E-state index contributed by atoms with van der Waals surface area (Å²) < 4.78 is 23.6. The van der Waals surface area contributed by atoms with Gasteiger partial charge in [0, 0.05) is 12.5 Å². The summed E-state index contributed by atoms with van der Waals surface area (Å²) in [5.41, 5.74) is 6.98. The summed E-state index contributed by atoms with van der Waals surface area (Å²) in [4.78, 5) is 30.7. The first kappa shape index (κ1) is 16.7. The van der Waals surface area contributed by atoms with Crippen LogP contribution in [0.3, 0.4) is 0 Å². The van der Waals surface area contributed by atoms with E-state index in [4.69, 9.17) is 25.0 Å². The smallest absolute Gasteiger partial charge is 0.350 e. The first-order valence-corrected chi connectivity index (χ1v) is 9.73. The molecule has 2 aromatic heterocycles. The molecule has 5 N–H and O–H groups in total. The summed E-state index contributed by atoms with van der Waals surface area (Å²) in [7, 11) is -4.20. The van der Waals surface area contributed by atoms with Gasteiger partial charge in [0.15, 0.2) is 17.0 Å². The van der Waals surface area contributed by atoms with Gasteiger partial charge in [0.1, 0.15) is 12.6 Å². The largest absolute Gasteiger partial charge is 0.368 e. The molecular weight excluding hydrogens is 351 g/mol. The van der Waals surface area contributed by atoms with E-state index >= 15 is 0 Å².